The number of hydrogen-bond acceptors (Lipinski definition) is 3. The Hall–Kier alpha value is -1.95. The second-order valence-corrected chi connectivity index (χ2v) is 6.61. The van der Waals surface area contributed by atoms with Gasteiger partial charge in [0, 0.05) is 19.6 Å². The van der Waals surface area contributed by atoms with Crippen molar-refractivity contribution in [1.29, 1.82) is 0 Å². The lowest BCUT2D eigenvalue weighted by Crippen LogP contribution is -2.56. The van der Waals surface area contributed by atoms with Gasteiger partial charge in [-0.3, -0.25) is 9.59 Å². The van der Waals surface area contributed by atoms with Gasteiger partial charge in [-0.1, -0.05) is 12.1 Å². The van der Waals surface area contributed by atoms with E-state index in [9.17, 15) is 14.0 Å². The van der Waals surface area contributed by atoms with E-state index in [4.69, 9.17) is 4.74 Å². The minimum absolute atomic E-state index is 0.115. The van der Waals surface area contributed by atoms with Gasteiger partial charge in [-0.05, 0) is 43.9 Å². The number of rotatable bonds is 2. The maximum absolute atomic E-state index is 13.7. The van der Waals surface area contributed by atoms with Gasteiger partial charge in [0.25, 0.3) is 5.91 Å². The number of piperidine rings is 1. The van der Waals surface area contributed by atoms with E-state index in [0.717, 1.165) is 19.3 Å². The van der Waals surface area contributed by atoms with Crippen LogP contribution in [0.25, 0.3) is 0 Å². The largest absolute Gasteiger partial charge is 0.356 e. The molecular formula is C18H23FN2O3. The molecule has 0 aliphatic carbocycles. The highest BCUT2D eigenvalue weighted by Crippen LogP contribution is 2.32. The standard InChI is InChI=1S/C18H23FN2O3/c1-12-6-3-4-9-21(12)18(23)17-16(20(2)15(22)11-24-17)13-7-5-8-14(19)10-13/h5,7-8,10,12,16-17H,3-4,6,9,11H2,1-2H3. The van der Waals surface area contributed by atoms with Crippen molar-refractivity contribution < 1.29 is 18.7 Å². The third-order valence-electron chi connectivity index (χ3n) is 5.00. The number of carbonyl (C=O) groups is 2. The van der Waals surface area contributed by atoms with E-state index in [1.54, 1.807) is 19.2 Å². The molecular weight excluding hydrogens is 311 g/mol. The van der Waals surface area contributed by atoms with Crippen LogP contribution in [0.1, 0.15) is 37.8 Å². The highest BCUT2D eigenvalue weighted by molar-refractivity contribution is 5.86. The topological polar surface area (TPSA) is 49.9 Å². The molecule has 0 bridgehead atoms. The van der Waals surface area contributed by atoms with Gasteiger partial charge in [0.15, 0.2) is 6.10 Å². The smallest absolute Gasteiger partial charge is 0.254 e. The Balaban J connectivity index is 1.91. The number of halogens is 1. The number of carbonyl (C=O) groups excluding carboxylic acids is 2. The second-order valence-electron chi connectivity index (χ2n) is 6.61. The molecule has 3 unspecified atom stereocenters. The van der Waals surface area contributed by atoms with Gasteiger partial charge < -0.3 is 14.5 Å². The molecule has 0 radical (unpaired) electrons. The minimum atomic E-state index is -0.796. The van der Waals surface area contributed by atoms with E-state index in [-0.39, 0.29) is 24.5 Å². The first-order valence-corrected chi connectivity index (χ1v) is 8.42. The molecule has 0 aromatic heterocycles. The number of hydrogen-bond donors (Lipinski definition) is 0. The van der Waals surface area contributed by atoms with Crippen LogP contribution in [-0.4, -0.2) is 54.0 Å². The van der Waals surface area contributed by atoms with Crippen LogP contribution in [0.15, 0.2) is 24.3 Å². The van der Waals surface area contributed by atoms with Gasteiger partial charge in [0.05, 0.1) is 6.04 Å². The molecule has 130 valence electrons. The van der Waals surface area contributed by atoms with Gasteiger partial charge >= 0.3 is 0 Å². The normalized spacial score (nSPS) is 28.1. The van der Waals surface area contributed by atoms with Gasteiger partial charge in [-0.15, -0.1) is 0 Å². The summed E-state index contributed by atoms with van der Waals surface area (Å²) >= 11 is 0. The molecule has 2 saturated heterocycles. The summed E-state index contributed by atoms with van der Waals surface area (Å²) in [5, 5.41) is 0. The van der Waals surface area contributed by atoms with Crippen LogP contribution in [0.2, 0.25) is 0 Å². The molecule has 24 heavy (non-hydrogen) atoms. The zero-order chi connectivity index (χ0) is 17.3. The summed E-state index contributed by atoms with van der Waals surface area (Å²) in [5.74, 6) is -0.715. The van der Waals surface area contributed by atoms with E-state index in [0.29, 0.717) is 12.1 Å². The summed E-state index contributed by atoms with van der Waals surface area (Å²) in [6.45, 7) is 2.61. The van der Waals surface area contributed by atoms with Crippen LogP contribution in [0.4, 0.5) is 4.39 Å². The molecule has 6 heteroatoms. The van der Waals surface area contributed by atoms with Crippen LogP contribution in [0, 0.1) is 5.82 Å². The molecule has 0 N–H and O–H groups in total. The first-order chi connectivity index (χ1) is 11.5. The fraction of sp³-hybridized carbons (Fsp3) is 0.556. The maximum Gasteiger partial charge on any atom is 0.254 e. The average molecular weight is 334 g/mol. The quantitative estimate of drug-likeness (QED) is 0.832. The van der Waals surface area contributed by atoms with Crippen molar-refractivity contribution in [3.8, 4) is 0 Å². The summed E-state index contributed by atoms with van der Waals surface area (Å²) in [6.07, 6.45) is 2.26. The Morgan fingerprint density at radius 1 is 1.33 bits per heavy atom. The fourth-order valence-electron chi connectivity index (χ4n) is 3.60. The molecule has 2 aliphatic heterocycles. The van der Waals surface area contributed by atoms with Crippen molar-refractivity contribution in [2.24, 2.45) is 0 Å². The number of likely N-dealkylation sites (tertiary alicyclic amines) is 1. The van der Waals surface area contributed by atoms with E-state index in [2.05, 4.69) is 0 Å². The first-order valence-electron chi connectivity index (χ1n) is 8.42. The Kier molecular flexibility index (Phi) is 4.85. The molecule has 5 nitrogen and oxygen atoms in total. The zero-order valence-electron chi connectivity index (χ0n) is 14.1. The second kappa shape index (κ2) is 6.89. The summed E-state index contributed by atoms with van der Waals surface area (Å²) in [6, 6.07) is 5.57. The van der Waals surface area contributed by atoms with Crippen LogP contribution < -0.4 is 0 Å². The van der Waals surface area contributed by atoms with Crippen molar-refractivity contribution in [3.05, 3.63) is 35.6 Å². The Labute approximate surface area is 141 Å². The first kappa shape index (κ1) is 16.9. The Morgan fingerprint density at radius 3 is 2.83 bits per heavy atom. The molecule has 0 saturated carbocycles. The Bertz CT molecular complexity index is 636. The van der Waals surface area contributed by atoms with Crippen LogP contribution in [-0.2, 0) is 14.3 Å². The van der Waals surface area contributed by atoms with Crippen molar-refractivity contribution in [2.45, 2.75) is 44.4 Å². The van der Waals surface area contributed by atoms with E-state index < -0.39 is 18.0 Å². The summed E-state index contributed by atoms with van der Waals surface area (Å²) in [5.41, 5.74) is 0.577. The molecule has 1 aromatic rings. The van der Waals surface area contributed by atoms with E-state index >= 15 is 0 Å². The number of benzene rings is 1. The Morgan fingerprint density at radius 2 is 2.12 bits per heavy atom. The summed E-state index contributed by atoms with van der Waals surface area (Å²) in [4.78, 5) is 28.4. The van der Waals surface area contributed by atoms with Crippen molar-refractivity contribution in [3.63, 3.8) is 0 Å². The van der Waals surface area contributed by atoms with E-state index in [1.807, 2.05) is 11.8 Å². The molecule has 2 fully saturated rings. The van der Waals surface area contributed by atoms with E-state index in [1.165, 1.54) is 17.0 Å². The maximum atomic E-state index is 13.7. The summed E-state index contributed by atoms with van der Waals surface area (Å²) in [7, 11) is 1.64. The van der Waals surface area contributed by atoms with Gasteiger partial charge in [-0.2, -0.15) is 0 Å². The molecule has 3 atom stereocenters. The van der Waals surface area contributed by atoms with Crippen molar-refractivity contribution in [2.75, 3.05) is 20.2 Å². The third kappa shape index (κ3) is 3.15. The van der Waals surface area contributed by atoms with Crippen LogP contribution in [0.5, 0.6) is 0 Å². The third-order valence-corrected chi connectivity index (χ3v) is 5.00. The highest BCUT2D eigenvalue weighted by atomic mass is 19.1. The molecule has 0 spiro atoms. The average Bonchev–Trinajstić information content (AvgIpc) is 2.57. The lowest BCUT2D eigenvalue weighted by molar-refractivity contribution is -0.169. The number of ether oxygens (including phenoxy) is 1. The van der Waals surface area contributed by atoms with Gasteiger partial charge in [-0.25, -0.2) is 4.39 Å². The van der Waals surface area contributed by atoms with Gasteiger partial charge in [0.2, 0.25) is 5.91 Å². The zero-order valence-corrected chi connectivity index (χ0v) is 14.1. The number of amides is 2. The highest BCUT2D eigenvalue weighted by Gasteiger charge is 2.43. The fourth-order valence-corrected chi connectivity index (χ4v) is 3.60. The van der Waals surface area contributed by atoms with Crippen molar-refractivity contribution >= 4 is 11.8 Å². The predicted molar refractivity (Wildman–Crippen MR) is 86.7 cm³/mol. The molecule has 1 aromatic carbocycles. The SMILES string of the molecule is CC1CCCCN1C(=O)C1OCC(=O)N(C)C1c1cccc(F)c1. The predicted octanol–water partition coefficient (Wildman–Crippen LogP) is 2.12. The lowest BCUT2D eigenvalue weighted by Gasteiger charge is -2.42. The molecule has 3 rings (SSSR count). The molecule has 2 heterocycles. The number of morpholine rings is 1. The van der Waals surface area contributed by atoms with Crippen LogP contribution in [0.3, 0.4) is 0 Å². The van der Waals surface area contributed by atoms with Gasteiger partial charge in [0.1, 0.15) is 12.4 Å². The molecule has 2 amide bonds. The van der Waals surface area contributed by atoms with Crippen molar-refractivity contribution in [1.82, 2.24) is 9.80 Å². The van der Waals surface area contributed by atoms with Crippen LogP contribution >= 0.6 is 0 Å². The lowest BCUT2D eigenvalue weighted by atomic mass is 9.95. The number of likely N-dealkylation sites (N-methyl/N-ethyl adjacent to an activating group) is 1. The molecule has 2 aliphatic rings. The number of nitrogens with zero attached hydrogens (tertiary/aromatic N) is 2. The minimum Gasteiger partial charge on any atom is -0.356 e. The summed E-state index contributed by atoms with van der Waals surface area (Å²) < 4.78 is 19.3. The monoisotopic (exact) mass is 334 g/mol.